The largest absolute Gasteiger partial charge is 0.507 e. The van der Waals surface area contributed by atoms with Crippen LogP contribution in [-0.2, 0) is 9.59 Å². The van der Waals surface area contributed by atoms with Gasteiger partial charge in [0, 0.05) is 28.7 Å². The maximum Gasteiger partial charge on any atom is 0.300 e. The summed E-state index contributed by atoms with van der Waals surface area (Å²) in [4.78, 5) is 31.8. The van der Waals surface area contributed by atoms with Crippen molar-refractivity contribution in [2.75, 3.05) is 11.5 Å². The molecule has 0 radical (unpaired) electrons. The number of aromatic nitrogens is 1. The van der Waals surface area contributed by atoms with Crippen molar-refractivity contribution in [1.82, 2.24) is 4.98 Å². The Morgan fingerprint density at radius 2 is 1.91 bits per heavy atom. The second-order valence-corrected chi connectivity index (χ2v) is 8.20. The average Bonchev–Trinajstić information content (AvgIpc) is 3.09. The van der Waals surface area contributed by atoms with E-state index < -0.39 is 17.7 Å². The number of carbonyl (C=O) groups is 2. The molecule has 1 aromatic heterocycles. The Balaban J connectivity index is 1.85. The molecule has 0 spiro atoms. The predicted molar refractivity (Wildman–Crippen MR) is 127 cm³/mol. The fraction of sp³-hybridized carbons (Fsp3) is 0.192. The summed E-state index contributed by atoms with van der Waals surface area (Å²) in [6.07, 6.45) is 4.07. The molecule has 1 atom stereocenters. The van der Waals surface area contributed by atoms with Gasteiger partial charge in [-0.25, -0.2) is 0 Å². The van der Waals surface area contributed by atoms with Crippen LogP contribution in [0.4, 0.5) is 5.69 Å². The van der Waals surface area contributed by atoms with E-state index in [0.29, 0.717) is 34.2 Å². The van der Waals surface area contributed by atoms with Crippen molar-refractivity contribution < 1.29 is 19.4 Å². The molecule has 0 aliphatic carbocycles. The lowest BCUT2D eigenvalue weighted by Gasteiger charge is -2.25. The number of aliphatic hydroxyl groups excluding tert-OH is 1. The van der Waals surface area contributed by atoms with Crippen molar-refractivity contribution >= 4 is 34.7 Å². The second kappa shape index (κ2) is 9.46. The minimum atomic E-state index is -0.837. The molecule has 6 nitrogen and oxygen atoms in total. The molecule has 1 unspecified atom stereocenters. The number of amides is 1. The molecule has 1 N–H and O–H groups in total. The van der Waals surface area contributed by atoms with E-state index in [-0.39, 0.29) is 11.3 Å². The van der Waals surface area contributed by atoms with Crippen LogP contribution in [0.3, 0.4) is 0 Å². The first-order chi connectivity index (χ1) is 15.9. The van der Waals surface area contributed by atoms with Crippen LogP contribution in [0.1, 0.15) is 36.1 Å². The highest BCUT2D eigenvalue weighted by molar-refractivity contribution is 6.51. The number of hydrogen-bond acceptors (Lipinski definition) is 5. The van der Waals surface area contributed by atoms with Gasteiger partial charge in [-0.2, -0.15) is 0 Å². The first-order valence-corrected chi connectivity index (χ1v) is 11.0. The number of benzene rings is 2. The smallest absolute Gasteiger partial charge is 0.300 e. The zero-order valence-corrected chi connectivity index (χ0v) is 19.0. The molecule has 0 saturated carbocycles. The molecule has 1 aliphatic rings. The van der Waals surface area contributed by atoms with Crippen LogP contribution < -0.4 is 9.64 Å². The molecule has 7 heteroatoms. The molecule has 4 rings (SSSR count). The van der Waals surface area contributed by atoms with Crippen molar-refractivity contribution in [2.24, 2.45) is 0 Å². The van der Waals surface area contributed by atoms with Gasteiger partial charge in [0.25, 0.3) is 11.7 Å². The number of pyridine rings is 1. The van der Waals surface area contributed by atoms with Gasteiger partial charge in [0.15, 0.2) is 0 Å². The Morgan fingerprint density at radius 1 is 1.15 bits per heavy atom. The molecular weight excluding hydrogens is 440 g/mol. The number of ketones is 1. The first-order valence-electron chi connectivity index (χ1n) is 10.6. The number of aryl methyl sites for hydroxylation is 1. The standard InChI is InChI=1S/C26H23ClN2O4/c1-3-13-33-21-11-6-17(14-16(21)2)24(30)22-23(18-5-4-12-28-15-18)29(26(32)25(22)31)20-9-7-19(27)8-10-20/h4-12,14-15,23,30H,3,13H2,1-2H3/b24-22-. The second-order valence-electron chi connectivity index (χ2n) is 7.76. The van der Waals surface area contributed by atoms with Crippen LogP contribution in [-0.4, -0.2) is 28.4 Å². The van der Waals surface area contributed by atoms with E-state index in [0.717, 1.165) is 12.0 Å². The monoisotopic (exact) mass is 462 g/mol. The molecule has 1 aliphatic heterocycles. The van der Waals surface area contributed by atoms with Crippen LogP contribution in [0.25, 0.3) is 5.76 Å². The third-order valence-electron chi connectivity index (χ3n) is 5.46. The van der Waals surface area contributed by atoms with E-state index >= 15 is 0 Å². The number of anilines is 1. The zero-order chi connectivity index (χ0) is 23.5. The number of nitrogens with zero attached hydrogens (tertiary/aromatic N) is 2. The number of hydrogen-bond donors (Lipinski definition) is 1. The number of Topliss-reactive ketones (excluding diaryl/α,β-unsaturated/α-hetero) is 1. The Labute approximate surface area is 197 Å². The summed E-state index contributed by atoms with van der Waals surface area (Å²) in [6.45, 7) is 4.47. The number of halogens is 1. The van der Waals surface area contributed by atoms with E-state index in [1.54, 1.807) is 67.0 Å². The summed E-state index contributed by atoms with van der Waals surface area (Å²) < 4.78 is 5.71. The normalized spacial score (nSPS) is 17.4. The molecule has 1 saturated heterocycles. The van der Waals surface area contributed by atoms with Crippen molar-refractivity contribution in [3.63, 3.8) is 0 Å². The summed E-state index contributed by atoms with van der Waals surface area (Å²) in [5.41, 5.74) is 2.35. The Hall–Kier alpha value is -3.64. The first kappa shape index (κ1) is 22.6. The van der Waals surface area contributed by atoms with Crippen molar-refractivity contribution in [3.05, 3.63) is 94.3 Å². The Morgan fingerprint density at radius 3 is 2.55 bits per heavy atom. The molecule has 3 aromatic rings. The lowest BCUT2D eigenvalue weighted by atomic mass is 9.95. The molecule has 1 amide bonds. The van der Waals surface area contributed by atoms with Crippen LogP contribution in [0.5, 0.6) is 5.75 Å². The van der Waals surface area contributed by atoms with E-state index in [2.05, 4.69) is 4.98 Å². The zero-order valence-electron chi connectivity index (χ0n) is 18.3. The minimum Gasteiger partial charge on any atom is -0.507 e. The molecule has 33 heavy (non-hydrogen) atoms. The summed E-state index contributed by atoms with van der Waals surface area (Å²) in [6, 6.07) is 14.5. The molecule has 0 bridgehead atoms. The maximum absolute atomic E-state index is 13.2. The van der Waals surface area contributed by atoms with Crippen molar-refractivity contribution in [1.29, 1.82) is 0 Å². The van der Waals surface area contributed by atoms with Crippen molar-refractivity contribution in [2.45, 2.75) is 26.3 Å². The van der Waals surface area contributed by atoms with Crippen LogP contribution >= 0.6 is 11.6 Å². The van der Waals surface area contributed by atoms with Gasteiger partial charge < -0.3 is 9.84 Å². The summed E-state index contributed by atoms with van der Waals surface area (Å²) in [5, 5.41) is 11.7. The van der Waals surface area contributed by atoms with Gasteiger partial charge >= 0.3 is 0 Å². The van der Waals surface area contributed by atoms with Gasteiger partial charge in [0.2, 0.25) is 0 Å². The third kappa shape index (κ3) is 4.34. The van der Waals surface area contributed by atoms with Gasteiger partial charge in [0.1, 0.15) is 11.5 Å². The Kier molecular flexibility index (Phi) is 6.47. The predicted octanol–water partition coefficient (Wildman–Crippen LogP) is 5.46. The maximum atomic E-state index is 13.2. The van der Waals surface area contributed by atoms with Crippen molar-refractivity contribution in [3.8, 4) is 5.75 Å². The lowest BCUT2D eigenvalue weighted by Crippen LogP contribution is -2.29. The van der Waals surface area contributed by atoms with E-state index in [4.69, 9.17) is 16.3 Å². The quantitative estimate of drug-likeness (QED) is 0.299. The Bertz CT molecular complexity index is 1220. The molecule has 1 fully saturated rings. The van der Waals surface area contributed by atoms with Crippen LogP contribution in [0, 0.1) is 6.92 Å². The average molecular weight is 463 g/mol. The number of carbonyl (C=O) groups excluding carboxylic acids is 2. The highest BCUT2D eigenvalue weighted by Crippen LogP contribution is 2.42. The van der Waals surface area contributed by atoms with Crippen LogP contribution in [0.2, 0.25) is 5.02 Å². The fourth-order valence-corrected chi connectivity index (χ4v) is 4.01. The number of ether oxygens (including phenoxy) is 1. The topological polar surface area (TPSA) is 79.7 Å². The molecule has 168 valence electrons. The highest BCUT2D eigenvalue weighted by Gasteiger charge is 2.47. The number of aliphatic hydroxyl groups is 1. The van der Waals surface area contributed by atoms with Gasteiger partial charge in [-0.15, -0.1) is 0 Å². The highest BCUT2D eigenvalue weighted by atomic mass is 35.5. The van der Waals surface area contributed by atoms with Gasteiger partial charge in [-0.1, -0.05) is 24.6 Å². The van der Waals surface area contributed by atoms with Gasteiger partial charge in [-0.05, 0) is 73.0 Å². The summed E-state index contributed by atoms with van der Waals surface area (Å²) in [7, 11) is 0. The third-order valence-corrected chi connectivity index (χ3v) is 5.71. The minimum absolute atomic E-state index is 0.00424. The molecule has 2 heterocycles. The lowest BCUT2D eigenvalue weighted by molar-refractivity contribution is -0.132. The van der Waals surface area contributed by atoms with E-state index in [1.165, 1.54) is 4.90 Å². The van der Waals surface area contributed by atoms with Gasteiger partial charge in [-0.3, -0.25) is 19.5 Å². The van der Waals surface area contributed by atoms with Crippen LogP contribution in [0.15, 0.2) is 72.6 Å². The summed E-state index contributed by atoms with van der Waals surface area (Å²) in [5.74, 6) is -1.03. The fourth-order valence-electron chi connectivity index (χ4n) is 3.88. The molecule has 2 aromatic carbocycles. The summed E-state index contributed by atoms with van der Waals surface area (Å²) >= 11 is 6.02. The van der Waals surface area contributed by atoms with E-state index in [9.17, 15) is 14.7 Å². The van der Waals surface area contributed by atoms with E-state index in [1.807, 2.05) is 13.8 Å². The SMILES string of the molecule is CCCOc1ccc(/C(O)=C2/C(=O)C(=O)N(c3ccc(Cl)cc3)C2c2cccnc2)cc1C. The molecular formula is C26H23ClN2O4. The van der Waals surface area contributed by atoms with Gasteiger partial charge in [0.05, 0.1) is 18.2 Å². The number of rotatable bonds is 6.